The van der Waals surface area contributed by atoms with Gasteiger partial charge in [0, 0.05) is 19.6 Å². The summed E-state index contributed by atoms with van der Waals surface area (Å²) in [4.78, 5) is 13.3. The Morgan fingerprint density at radius 2 is 1.82 bits per heavy atom. The molecule has 1 atom stereocenters. The van der Waals surface area contributed by atoms with E-state index in [1.165, 1.54) is 45.1 Å². The first-order valence-corrected chi connectivity index (χ1v) is 7.12. The van der Waals surface area contributed by atoms with Gasteiger partial charge in [0.2, 0.25) is 0 Å². The largest absolute Gasteiger partial charge is 0.481 e. The predicted octanol–water partition coefficient (Wildman–Crippen LogP) is 2.61. The molecule has 17 heavy (non-hydrogen) atoms. The van der Waals surface area contributed by atoms with Gasteiger partial charge >= 0.3 is 5.97 Å². The van der Waals surface area contributed by atoms with E-state index in [2.05, 4.69) is 4.90 Å². The highest BCUT2D eigenvalue weighted by molar-refractivity contribution is 5.70. The Kier molecular flexibility index (Phi) is 4.43. The van der Waals surface area contributed by atoms with Crippen molar-refractivity contribution in [2.75, 3.05) is 19.6 Å². The van der Waals surface area contributed by atoms with Gasteiger partial charge in [0.25, 0.3) is 0 Å². The summed E-state index contributed by atoms with van der Waals surface area (Å²) in [5.74, 6) is 0.460. The van der Waals surface area contributed by atoms with Gasteiger partial charge in [-0.2, -0.15) is 0 Å². The first-order valence-electron chi connectivity index (χ1n) is 7.12. The standard InChI is InChI=1S/C14H25NO2/c1-11(14(16)17)13-9-15(10-13)8-12-6-4-2-3-5-7-12/h11-13H,2-10H2,1H3,(H,16,17). The zero-order valence-electron chi connectivity index (χ0n) is 10.9. The number of carboxylic acids is 1. The van der Waals surface area contributed by atoms with E-state index in [4.69, 9.17) is 5.11 Å². The van der Waals surface area contributed by atoms with Crippen molar-refractivity contribution in [3.63, 3.8) is 0 Å². The Morgan fingerprint density at radius 1 is 1.24 bits per heavy atom. The van der Waals surface area contributed by atoms with Crippen LogP contribution in [0.15, 0.2) is 0 Å². The first kappa shape index (κ1) is 12.9. The third-order valence-electron chi connectivity index (χ3n) is 4.57. The fourth-order valence-electron chi connectivity index (χ4n) is 3.19. The molecule has 1 heterocycles. The molecule has 1 saturated carbocycles. The summed E-state index contributed by atoms with van der Waals surface area (Å²) in [6.45, 7) is 5.06. The van der Waals surface area contributed by atoms with Gasteiger partial charge in [-0.1, -0.05) is 32.6 Å². The summed E-state index contributed by atoms with van der Waals surface area (Å²) in [6.07, 6.45) is 8.39. The molecule has 0 aromatic rings. The monoisotopic (exact) mass is 239 g/mol. The van der Waals surface area contributed by atoms with E-state index < -0.39 is 5.97 Å². The van der Waals surface area contributed by atoms with Crippen molar-refractivity contribution in [1.82, 2.24) is 4.90 Å². The molecule has 2 fully saturated rings. The summed E-state index contributed by atoms with van der Waals surface area (Å²) >= 11 is 0. The Hall–Kier alpha value is -0.570. The molecule has 2 aliphatic rings. The average Bonchev–Trinajstić information content (AvgIpc) is 2.50. The van der Waals surface area contributed by atoms with Crippen molar-refractivity contribution in [2.24, 2.45) is 17.8 Å². The topological polar surface area (TPSA) is 40.5 Å². The van der Waals surface area contributed by atoms with Gasteiger partial charge in [-0.05, 0) is 24.7 Å². The van der Waals surface area contributed by atoms with Crippen LogP contribution in [0.5, 0.6) is 0 Å². The minimum Gasteiger partial charge on any atom is -0.481 e. The van der Waals surface area contributed by atoms with E-state index in [9.17, 15) is 4.79 Å². The maximum absolute atomic E-state index is 10.9. The van der Waals surface area contributed by atoms with Crippen molar-refractivity contribution >= 4 is 5.97 Å². The van der Waals surface area contributed by atoms with Gasteiger partial charge in [0.05, 0.1) is 5.92 Å². The van der Waals surface area contributed by atoms with Gasteiger partial charge in [-0.25, -0.2) is 0 Å². The molecule has 1 saturated heterocycles. The van der Waals surface area contributed by atoms with Crippen LogP contribution in [0.3, 0.4) is 0 Å². The number of carboxylic acid groups (broad SMARTS) is 1. The van der Waals surface area contributed by atoms with Gasteiger partial charge in [0.1, 0.15) is 0 Å². The van der Waals surface area contributed by atoms with Gasteiger partial charge in [-0.3, -0.25) is 4.79 Å². The summed E-state index contributed by atoms with van der Waals surface area (Å²) in [6, 6.07) is 0. The van der Waals surface area contributed by atoms with Crippen molar-refractivity contribution in [2.45, 2.75) is 45.4 Å². The fourth-order valence-corrected chi connectivity index (χ4v) is 3.19. The number of aliphatic carboxylic acids is 1. The smallest absolute Gasteiger partial charge is 0.306 e. The van der Waals surface area contributed by atoms with E-state index in [1.54, 1.807) is 0 Å². The number of hydrogen-bond acceptors (Lipinski definition) is 2. The molecule has 0 aromatic heterocycles. The van der Waals surface area contributed by atoms with Crippen LogP contribution in [0.25, 0.3) is 0 Å². The molecule has 1 unspecified atom stereocenters. The third kappa shape index (κ3) is 3.44. The molecule has 1 aliphatic carbocycles. The molecule has 1 N–H and O–H groups in total. The molecule has 0 spiro atoms. The highest BCUT2D eigenvalue weighted by Crippen LogP contribution is 2.29. The van der Waals surface area contributed by atoms with Crippen molar-refractivity contribution in [3.8, 4) is 0 Å². The van der Waals surface area contributed by atoms with Crippen molar-refractivity contribution < 1.29 is 9.90 Å². The van der Waals surface area contributed by atoms with Crippen LogP contribution in [0.4, 0.5) is 0 Å². The van der Waals surface area contributed by atoms with E-state index >= 15 is 0 Å². The first-order chi connectivity index (χ1) is 8.16. The molecule has 1 aliphatic heterocycles. The summed E-state index contributed by atoms with van der Waals surface area (Å²) in [5, 5.41) is 8.94. The van der Waals surface area contributed by atoms with E-state index in [1.807, 2.05) is 6.92 Å². The molecule has 3 nitrogen and oxygen atoms in total. The maximum atomic E-state index is 10.9. The molecule has 3 heteroatoms. The van der Waals surface area contributed by atoms with Gasteiger partial charge in [-0.15, -0.1) is 0 Å². The molecule has 0 bridgehead atoms. The summed E-state index contributed by atoms with van der Waals surface area (Å²) in [7, 11) is 0. The number of hydrogen-bond donors (Lipinski definition) is 1. The third-order valence-corrected chi connectivity index (χ3v) is 4.57. The molecule has 98 valence electrons. The number of rotatable bonds is 4. The van der Waals surface area contributed by atoms with Crippen molar-refractivity contribution in [1.29, 1.82) is 0 Å². The highest BCUT2D eigenvalue weighted by atomic mass is 16.4. The normalized spacial score (nSPS) is 26.2. The van der Waals surface area contributed by atoms with Crippen LogP contribution in [-0.4, -0.2) is 35.6 Å². The second-order valence-electron chi connectivity index (χ2n) is 5.96. The Labute approximate surface area is 104 Å². The number of carbonyl (C=O) groups is 1. The van der Waals surface area contributed by atoms with Crippen molar-refractivity contribution in [3.05, 3.63) is 0 Å². The van der Waals surface area contributed by atoms with E-state index in [0.717, 1.165) is 19.0 Å². The van der Waals surface area contributed by atoms with Crippen LogP contribution in [0, 0.1) is 17.8 Å². The Bertz CT molecular complexity index is 253. The highest BCUT2D eigenvalue weighted by Gasteiger charge is 2.35. The second-order valence-corrected chi connectivity index (χ2v) is 5.96. The maximum Gasteiger partial charge on any atom is 0.306 e. The van der Waals surface area contributed by atoms with Crippen LogP contribution >= 0.6 is 0 Å². The summed E-state index contributed by atoms with van der Waals surface area (Å²) < 4.78 is 0. The predicted molar refractivity (Wildman–Crippen MR) is 67.9 cm³/mol. The SMILES string of the molecule is CC(C(=O)O)C1CN(CC2CCCCCC2)C1. The average molecular weight is 239 g/mol. The lowest BCUT2D eigenvalue weighted by atomic mass is 9.86. The minimum atomic E-state index is -0.635. The lowest BCUT2D eigenvalue weighted by Crippen LogP contribution is -2.52. The fraction of sp³-hybridized carbons (Fsp3) is 0.929. The number of likely N-dealkylation sites (tertiary alicyclic amines) is 1. The number of nitrogens with zero attached hydrogens (tertiary/aromatic N) is 1. The zero-order valence-corrected chi connectivity index (χ0v) is 10.9. The van der Waals surface area contributed by atoms with Crippen LogP contribution in [0.2, 0.25) is 0 Å². The second kappa shape index (κ2) is 5.85. The minimum absolute atomic E-state index is 0.166. The Balaban J connectivity index is 1.67. The van der Waals surface area contributed by atoms with Gasteiger partial charge < -0.3 is 10.0 Å². The van der Waals surface area contributed by atoms with Crippen LogP contribution < -0.4 is 0 Å². The quantitative estimate of drug-likeness (QED) is 0.767. The lowest BCUT2D eigenvalue weighted by molar-refractivity contribution is -0.145. The molecule has 0 aromatic carbocycles. The van der Waals surface area contributed by atoms with Crippen LogP contribution in [0.1, 0.15) is 45.4 Å². The molecule has 0 amide bonds. The zero-order chi connectivity index (χ0) is 12.3. The molecular weight excluding hydrogens is 214 g/mol. The summed E-state index contributed by atoms with van der Waals surface area (Å²) in [5.41, 5.74) is 0. The van der Waals surface area contributed by atoms with E-state index in [0.29, 0.717) is 5.92 Å². The Morgan fingerprint density at radius 3 is 2.35 bits per heavy atom. The molecule has 0 radical (unpaired) electrons. The molecular formula is C14H25NO2. The lowest BCUT2D eigenvalue weighted by Gasteiger charge is -2.42. The van der Waals surface area contributed by atoms with Gasteiger partial charge in [0.15, 0.2) is 0 Å². The van der Waals surface area contributed by atoms with Crippen LogP contribution in [-0.2, 0) is 4.79 Å². The molecule has 2 rings (SSSR count). The van der Waals surface area contributed by atoms with E-state index in [-0.39, 0.29) is 5.92 Å².